The Labute approximate surface area is 123 Å². The van der Waals surface area contributed by atoms with Gasteiger partial charge in [-0.1, -0.05) is 13.0 Å². The average molecular weight is 288 g/mol. The number of aryl methyl sites for hydroxylation is 1. The first-order valence-electron chi connectivity index (χ1n) is 6.76. The molecule has 0 bridgehead atoms. The number of rotatable bonds is 5. The lowest BCUT2D eigenvalue weighted by Gasteiger charge is -2.13. The Bertz CT molecular complexity index is 627. The Kier molecular flexibility index (Phi) is 4.87. The van der Waals surface area contributed by atoms with Crippen LogP contribution in [-0.4, -0.2) is 17.5 Å². The van der Waals surface area contributed by atoms with E-state index in [1.807, 2.05) is 26.0 Å². The molecule has 1 heterocycles. The highest BCUT2D eigenvalue weighted by Crippen LogP contribution is 2.26. The summed E-state index contributed by atoms with van der Waals surface area (Å²) in [5.41, 5.74) is 1.92. The zero-order chi connectivity index (χ0) is 15.2. The smallest absolute Gasteiger partial charge is 0.257 e. The van der Waals surface area contributed by atoms with Gasteiger partial charge in [0.2, 0.25) is 5.95 Å². The number of halogens is 1. The molecule has 0 fully saturated rings. The molecule has 0 saturated carbocycles. The summed E-state index contributed by atoms with van der Waals surface area (Å²) >= 11 is 0. The molecule has 1 aromatic carbocycles. The third kappa shape index (κ3) is 4.02. The van der Waals surface area contributed by atoms with Crippen molar-refractivity contribution in [1.82, 2.24) is 4.98 Å². The van der Waals surface area contributed by atoms with Crippen LogP contribution in [0.3, 0.4) is 0 Å². The van der Waals surface area contributed by atoms with Gasteiger partial charge in [0.15, 0.2) is 0 Å². The topological polar surface area (TPSA) is 51.2 Å². The normalized spacial score (nSPS) is 10.2. The fourth-order valence-electron chi connectivity index (χ4n) is 1.77. The van der Waals surface area contributed by atoms with Gasteiger partial charge in [-0.2, -0.15) is 4.39 Å². The van der Waals surface area contributed by atoms with Gasteiger partial charge in [-0.15, -0.1) is 0 Å². The van der Waals surface area contributed by atoms with Crippen molar-refractivity contribution in [2.45, 2.75) is 20.3 Å². The van der Waals surface area contributed by atoms with Gasteiger partial charge in [0.1, 0.15) is 5.75 Å². The first-order chi connectivity index (χ1) is 10.1. The Morgan fingerprint density at radius 2 is 2.14 bits per heavy atom. The van der Waals surface area contributed by atoms with Crippen molar-refractivity contribution in [1.29, 1.82) is 0 Å². The van der Waals surface area contributed by atoms with E-state index in [9.17, 15) is 9.18 Å². The standard InChI is InChI=1S/C16H17FN2O2/c1-3-8-21-14-9-11(2)4-6-13(14)19-16(20)12-5-7-15(17)18-10-12/h4-7,9-10H,3,8H2,1-2H3,(H,19,20). The summed E-state index contributed by atoms with van der Waals surface area (Å²) in [6, 6.07) is 8.08. The number of anilines is 1. The molecule has 1 aromatic heterocycles. The Hall–Kier alpha value is -2.43. The minimum absolute atomic E-state index is 0.290. The lowest BCUT2D eigenvalue weighted by atomic mass is 10.2. The van der Waals surface area contributed by atoms with Gasteiger partial charge in [0.25, 0.3) is 5.91 Å². The molecule has 110 valence electrons. The molecule has 0 aliphatic carbocycles. The molecule has 0 aliphatic heterocycles. The predicted octanol–water partition coefficient (Wildman–Crippen LogP) is 3.57. The van der Waals surface area contributed by atoms with Crippen LogP contribution in [0.1, 0.15) is 29.3 Å². The molecule has 1 N–H and O–H groups in total. The van der Waals surface area contributed by atoms with Gasteiger partial charge in [-0.25, -0.2) is 4.98 Å². The van der Waals surface area contributed by atoms with Gasteiger partial charge in [-0.3, -0.25) is 4.79 Å². The zero-order valence-corrected chi connectivity index (χ0v) is 12.0. The predicted molar refractivity (Wildman–Crippen MR) is 79.1 cm³/mol. The summed E-state index contributed by atoms with van der Waals surface area (Å²) in [7, 11) is 0. The zero-order valence-electron chi connectivity index (χ0n) is 12.0. The van der Waals surface area contributed by atoms with Crippen molar-refractivity contribution < 1.29 is 13.9 Å². The van der Waals surface area contributed by atoms with Crippen molar-refractivity contribution in [2.75, 3.05) is 11.9 Å². The second-order valence-corrected chi connectivity index (χ2v) is 4.67. The van der Waals surface area contributed by atoms with Gasteiger partial charge in [0.05, 0.1) is 17.9 Å². The number of carbonyl (C=O) groups is 1. The van der Waals surface area contributed by atoms with E-state index in [2.05, 4.69) is 10.3 Å². The van der Waals surface area contributed by atoms with Crippen LogP contribution in [-0.2, 0) is 0 Å². The number of hydrogen-bond acceptors (Lipinski definition) is 3. The SMILES string of the molecule is CCCOc1cc(C)ccc1NC(=O)c1ccc(F)nc1. The van der Waals surface area contributed by atoms with Crippen LogP contribution in [0.15, 0.2) is 36.5 Å². The molecular formula is C16H17FN2O2. The van der Waals surface area contributed by atoms with Gasteiger partial charge in [0, 0.05) is 6.20 Å². The first-order valence-corrected chi connectivity index (χ1v) is 6.76. The number of nitrogens with one attached hydrogen (secondary N) is 1. The van der Waals surface area contributed by atoms with Crippen LogP contribution in [0.4, 0.5) is 10.1 Å². The number of amides is 1. The van der Waals surface area contributed by atoms with Gasteiger partial charge >= 0.3 is 0 Å². The quantitative estimate of drug-likeness (QED) is 0.856. The number of hydrogen-bond donors (Lipinski definition) is 1. The van der Waals surface area contributed by atoms with Crippen LogP contribution in [0.5, 0.6) is 5.75 Å². The third-order valence-electron chi connectivity index (χ3n) is 2.84. The summed E-state index contributed by atoms with van der Waals surface area (Å²) in [4.78, 5) is 15.6. The molecule has 0 spiro atoms. The number of ether oxygens (including phenoxy) is 1. The Balaban J connectivity index is 2.18. The van der Waals surface area contributed by atoms with E-state index in [0.29, 0.717) is 23.6 Å². The van der Waals surface area contributed by atoms with Crippen LogP contribution in [0.25, 0.3) is 0 Å². The van der Waals surface area contributed by atoms with E-state index in [-0.39, 0.29) is 5.91 Å². The molecule has 2 rings (SSSR count). The van der Waals surface area contributed by atoms with E-state index in [0.717, 1.165) is 18.1 Å². The monoisotopic (exact) mass is 288 g/mol. The largest absolute Gasteiger partial charge is 0.491 e. The number of benzene rings is 1. The van der Waals surface area contributed by atoms with E-state index >= 15 is 0 Å². The van der Waals surface area contributed by atoms with Crippen LogP contribution >= 0.6 is 0 Å². The van der Waals surface area contributed by atoms with Crippen molar-refractivity contribution in [3.8, 4) is 5.75 Å². The maximum atomic E-state index is 12.8. The number of nitrogens with zero attached hydrogens (tertiary/aromatic N) is 1. The summed E-state index contributed by atoms with van der Waals surface area (Å²) < 4.78 is 18.4. The van der Waals surface area contributed by atoms with Gasteiger partial charge < -0.3 is 10.1 Å². The number of aromatic nitrogens is 1. The van der Waals surface area contributed by atoms with Crippen molar-refractivity contribution in [3.63, 3.8) is 0 Å². The summed E-state index contributed by atoms with van der Waals surface area (Å²) in [5, 5.41) is 2.76. The van der Waals surface area contributed by atoms with E-state index in [4.69, 9.17) is 4.74 Å². The second kappa shape index (κ2) is 6.83. The molecular weight excluding hydrogens is 271 g/mol. The molecule has 4 nitrogen and oxygen atoms in total. The number of pyridine rings is 1. The first kappa shape index (κ1) is 15.0. The lowest BCUT2D eigenvalue weighted by Crippen LogP contribution is -2.13. The highest BCUT2D eigenvalue weighted by atomic mass is 19.1. The third-order valence-corrected chi connectivity index (χ3v) is 2.84. The lowest BCUT2D eigenvalue weighted by molar-refractivity contribution is 0.102. The van der Waals surface area contributed by atoms with Crippen LogP contribution in [0.2, 0.25) is 0 Å². The molecule has 0 unspecified atom stereocenters. The maximum Gasteiger partial charge on any atom is 0.257 e. The highest BCUT2D eigenvalue weighted by molar-refractivity contribution is 6.04. The minimum Gasteiger partial charge on any atom is -0.491 e. The second-order valence-electron chi connectivity index (χ2n) is 4.67. The van der Waals surface area contributed by atoms with Gasteiger partial charge in [-0.05, 0) is 43.2 Å². The van der Waals surface area contributed by atoms with E-state index < -0.39 is 5.95 Å². The molecule has 21 heavy (non-hydrogen) atoms. The molecule has 5 heteroatoms. The Morgan fingerprint density at radius 3 is 2.81 bits per heavy atom. The van der Waals surface area contributed by atoms with E-state index in [1.165, 1.54) is 12.3 Å². The summed E-state index contributed by atoms with van der Waals surface area (Å²) in [6.07, 6.45) is 2.08. The van der Waals surface area contributed by atoms with Crippen LogP contribution in [0, 0.1) is 12.9 Å². The molecule has 1 amide bonds. The van der Waals surface area contributed by atoms with Crippen LogP contribution < -0.4 is 10.1 Å². The van der Waals surface area contributed by atoms with Crippen molar-refractivity contribution in [3.05, 3.63) is 53.6 Å². The summed E-state index contributed by atoms with van der Waals surface area (Å²) in [5.74, 6) is -0.346. The fourth-order valence-corrected chi connectivity index (χ4v) is 1.77. The number of carbonyl (C=O) groups excluding carboxylic acids is 1. The Morgan fingerprint density at radius 1 is 1.33 bits per heavy atom. The van der Waals surface area contributed by atoms with Crippen molar-refractivity contribution >= 4 is 11.6 Å². The minimum atomic E-state index is -0.617. The molecule has 0 aliphatic rings. The van der Waals surface area contributed by atoms with Crippen molar-refractivity contribution in [2.24, 2.45) is 0 Å². The summed E-state index contributed by atoms with van der Waals surface area (Å²) in [6.45, 7) is 4.54. The molecule has 0 saturated heterocycles. The fraction of sp³-hybridized carbons (Fsp3) is 0.250. The average Bonchev–Trinajstić information content (AvgIpc) is 2.48. The highest BCUT2D eigenvalue weighted by Gasteiger charge is 2.11. The maximum absolute atomic E-state index is 12.8. The molecule has 0 radical (unpaired) electrons. The van der Waals surface area contributed by atoms with E-state index in [1.54, 1.807) is 6.07 Å². The molecule has 2 aromatic rings. The molecule has 0 atom stereocenters.